The van der Waals surface area contributed by atoms with Crippen molar-refractivity contribution in [2.24, 2.45) is 0 Å². The van der Waals surface area contributed by atoms with Gasteiger partial charge in [-0.2, -0.15) is 0 Å². The van der Waals surface area contributed by atoms with Crippen molar-refractivity contribution in [3.05, 3.63) is 62.3 Å². The van der Waals surface area contributed by atoms with Crippen LogP contribution in [0.2, 0.25) is 5.02 Å². The number of benzene rings is 2. The third-order valence-corrected chi connectivity index (χ3v) is 4.65. The smallest absolute Gasteiger partial charge is 0.308 e. The van der Waals surface area contributed by atoms with E-state index in [0.717, 1.165) is 16.3 Å². The molecule has 0 amide bonds. The summed E-state index contributed by atoms with van der Waals surface area (Å²) in [6.45, 7) is 0.974. The van der Waals surface area contributed by atoms with Gasteiger partial charge in [0.15, 0.2) is 0 Å². The van der Waals surface area contributed by atoms with E-state index < -0.39 is 0 Å². The van der Waals surface area contributed by atoms with Crippen LogP contribution in [-0.2, 0) is 6.54 Å². The molecule has 2 heterocycles. The zero-order valence-electron chi connectivity index (χ0n) is 13.8. The van der Waals surface area contributed by atoms with Crippen LogP contribution in [0.4, 0.5) is 0 Å². The molecule has 0 aliphatic carbocycles. The predicted molar refractivity (Wildman–Crippen MR) is 105 cm³/mol. The third-order valence-electron chi connectivity index (χ3n) is 4.42. The number of para-hydroxylation sites is 1. The largest absolute Gasteiger partial charge is 0.336 e. The summed E-state index contributed by atoms with van der Waals surface area (Å²) in [5.74, 6) is 0. The topological polar surface area (TPSA) is 46.7 Å². The Hall–Kier alpha value is -2.08. The molecule has 2 aromatic carbocycles. The average molecular weight is 378 g/mol. The van der Waals surface area contributed by atoms with E-state index in [1.54, 1.807) is 16.5 Å². The van der Waals surface area contributed by atoms with Crippen LogP contribution in [0.1, 0.15) is 0 Å². The number of rotatable bonds is 3. The summed E-state index contributed by atoms with van der Waals surface area (Å²) in [4.78, 5) is 27.8. The number of halogens is 2. The molecule has 0 atom stereocenters. The lowest BCUT2D eigenvalue weighted by molar-refractivity contribution is 0.376. The van der Waals surface area contributed by atoms with E-state index in [9.17, 15) is 9.59 Å². The Morgan fingerprint density at radius 2 is 1.76 bits per heavy atom. The Morgan fingerprint density at radius 1 is 1.04 bits per heavy atom. The molecule has 0 aliphatic heterocycles. The summed E-state index contributed by atoms with van der Waals surface area (Å²) in [5, 5.41) is 2.92. The maximum Gasteiger partial charge on any atom is 0.336 e. The summed E-state index contributed by atoms with van der Waals surface area (Å²) in [6, 6.07) is 11.0. The number of fused-ring (bicyclic) bond motifs is 3. The second-order valence-electron chi connectivity index (χ2n) is 6.24. The molecular weight excluding hydrogens is 361 g/mol. The van der Waals surface area contributed by atoms with Gasteiger partial charge in [0.05, 0.1) is 16.4 Å². The molecule has 0 fully saturated rings. The van der Waals surface area contributed by atoms with Crippen molar-refractivity contribution in [2.75, 3.05) is 20.6 Å². The second kappa shape index (κ2) is 6.33. The zero-order chi connectivity index (χ0) is 17.0. The van der Waals surface area contributed by atoms with Crippen LogP contribution in [0, 0.1) is 0 Å². The quantitative estimate of drug-likeness (QED) is 0.551. The molecule has 4 rings (SSSR count). The second-order valence-corrected chi connectivity index (χ2v) is 6.68. The first-order valence-corrected chi connectivity index (χ1v) is 8.10. The molecule has 0 saturated carbocycles. The van der Waals surface area contributed by atoms with Crippen molar-refractivity contribution in [2.45, 2.75) is 6.54 Å². The number of hydrogen-bond acceptors (Lipinski definition) is 3. The molecule has 2 aromatic heterocycles. The van der Waals surface area contributed by atoms with E-state index in [-0.39, 0.29) is 23.7 Å². The predicted octanol–water partition coefficient (Wildman–Crippen LogP) is 2.84. The molecule has 0 bridgehead atoms. The van der Waals surface area contributed by atoms with Crippen LogP contribution < -0.4 is 11.2 Å². The first-order valence-electron chi connectivity index (χ1n) is 7.72. The third kappa shape index (κ3) is 2.59. The Balaban J connectivity index is 0.00000182. The minimum Gasteiger partial charge on any atom is -0.308 e. The lowest BCUT2D eigenvalue weighted by Gasteiger charge is -2.12. The maximum absolute atomic E-state index is 13.0. The first-order chi connectivity index (χ1) is 11.5. The van der Waals surface area contributed by atoms with E-state index in [1.807, 2.05) is 43.3 Å². The van der Waals surface area contributed by atoms with Gasteiger partial charge < -0.3 is 4.90 Å². The van der Waals surface area contributed by atoms with Crippen molar-refractivity contribution in [1.29, 1.82) is 0 Å². The van der Waals surface area contributed by atoms with E-state index in [4.69, 9.17) is 11.6 Å². The van der Waals surface area contributed by atoms with Crippen LogP contribution in [0.25, 0.3) is 27.2 Å². The van der Waals surface area contributed by atoms with Crippen LogP contribution in [0.15, 0.2) is 46.0 Å². The van der Waals surface area contributed by atoms with Gasteiger partial charge in [-0.05, 0) is 38.4 Å². The van der Waals surface area contributed by atoms with Gasteiger partial charge in [0, 0.05) is 28.9 Å². The molecule has 4 aromatic rings. The SMILES string of the molecule is CN(C)CCn1c(=O)c2cccc3c4cc(Cl)ccc4n(c1=O)c23.Cl. The van der Waals surface area contributed by atoms with Gasteiger partial charge in [0.25, 0.3) is 5.56 Å². The fourth-order valence-electron chi connectivity index (χ4n) is 3.26. The van der Waals surface area contributed by atoms with Crippen molar-refractivity contribution in [1.82, 2.24) is 13.9 Å². The van der Waals surface area contributed by atoms with Crippen LogP contribution in [0.3, 0.4) is 0 Å². The van der Waals surface area contributed by atoms with Gasteiger partial charge in [-0.3, -0.25) is 13.8 Å². The van der Waals surface area contributed by atoms with Crippen molar-refractivity contribution < 1.29 is 0 Å². The van der Waals surface area contributed by atoms with E-state index in [0.29, 0.717) is 29.0 Å². The highest BCUT2D eigenvalue weighted by atomic mass is 35.5. The number of hydrogen-bond donors (Lipinski definition) is 0. The van der Waals surface area contributed by atoms with Gasteiger partial charge in [-0.1, -0.05) is 23.7 Å². The van der Waals surface area contributed by atoms with E-state index in [1.165, 1.54) is 4.57 Å². The number of nitrogens with zero attached hydrogens (tertiary/aromatic N) is 3. The fraction of sp³-hybridized carbons (Fsp3) is 0.222. The van der Waals surface area contributed by atoms with Crippen LogP contribution in [0.5, 0.6) is 0 Å². The number of aromatic nitrogens is 2. The number of likely N-dealkylation sites (N-methyl/N-ethyl adjacent to an activating group) is 1. The molecule has 0 aliphatic rings. The minimum absolute atomic E-state index is 0. The molecule has 0 N–H and O–H groups in total. The Bertz CT molecular complexity index is 1190. The van der Waals surface area contributed by atoms with Crippen molar-refractivity contribution in [3.63, 3.8) is 0 Å². The summed E-state index contributed by atoms with van der Waals surface area (Å²) in [6.07, 6.45) is 0. The standard InChI is InChI=1S/C18H16ClN3O2.ClH/c1-20(2)8-9-21-17(23)13-5-3-4-12-14-10-11(19)6-7-15(14)22(16(12)13)18(21)24;/h3-7,10H,8-9H2,1-2H3;1H. The summed E-state index contributed by atoms with van der Waals surface area (Å²) < 4.78 is 2.95. The molecule has 25 heavy (non-hydrogen) atoms. The Kier molecular flexibility index (Phi) is 4.49. The lowest BCUT2D eigenvalue weighted by Crippen LogP contribution is -2.39. The van der Waals surface area contributed by atoms with E-state index in [2.05, 4.69) is 0 Å². The zero-order valence-corrected chi connectivity index (χ0v) is 15.4. The van der Waals surface area contributed by atoms with Gasteiger partial charge in [0.1, 0.15) is 0 Å². The molecule has 0 spiro atoms. The first kappa shape index (κ1) is 17.7. The van der Waals surface area contributed by atoms with Gasteiger partial charge in [-0.25, -0.2) is 4.79 Å². The maximum atomic E-state index is 13.0. The molecular formula is C18H17Cl2N3O2. The summed E-state index contributed by atoms with van der Waals surface area (Å²) in [7, 11) is 3.83. The van der Waals surface area contributed by atoms with Crippen LogP contribution >= 0.6 is 24.0 Å². The lowest BCUT2D eigenvalue weighted by atomic mass is 10.1. The van der Waals surface area contributed by atoms with Gasteiger partial charge >= 0.3 is 5.69 Å². The summed E-state index contributed by atoms with van der Waals surface area (Å²) in [5.41, 5.74) is 0.900. The monoisotopic (exact) mass is 377 g/mol. The molecule has 0 saturated heterocycles. The molecule has 130 valence electrons. The van der Waals surface area contributed by atoms with Gasteiger partial charge in [-0.15, -0.1) is 12.4 Å². The normalized spacial score (nSPS) is 11.7. The van der Waals surface area contributed by atoms with Crippen LogP contribution in [-0.4, -0.2) is 34.5 Å². The highest BCUT2D eigenvalue weighted by Crippen LogP contribution is 2.30. The molecule has 0 unspecified atom stereocenters. The van der Waals surface area contributed by atoms with Crippen molar-refractivity contribution >= 4 is 51.2 Å². The average Bonchev–Trinajstić information content (AvgIpc) is 2.87. The Morgan fingerprint density at radius 3 is 2.48 bits per heavy atom. The highest BCUT2D eigenvalue weighted by Gasteiger charge is 2.18. The molecule has 5 nitrogen and oxygen atoms in total. The fourth-order valence-corrected chi connectivity index (χ4v) is 3.43. The highest BCUT2D eigenvalue weighted by molar-refractivity contribution is 6.32. The minimum atomic E-state index is -0.303. The summed E-state index contributed by atoms with van der Waals surface area (Å²) >= 11 is 6.13. The molecule has 7 heteroatoms. The Labute approximate surface area is 154 Å². The van der Waals surface area contributed by atoms with Crippen molar-refractivity contribution in [3.8, 4) is 0 Å². The molecule has 0 radical (unpaired) electrons. The van der Waals surface area contributed by atoms with E-state index >= 15 is 0 Å². The van der Waals surface area contributed by atoms with Gasteiger partial charge in [0.2, 0.25) is 0 Å².